The van der Waals surface area contributed by atoms with Crippen LogP contribution >= 0.6 is 0 Å². The van der Waals surface area contributed by atoms with Gasteiger partial charge in [-0.05, 0) is 148 Å². The van der Waals surface area contributed by atoms with Crippen LogP contribution in [0.25, 0.3) is 99.5 Å². The van der Waals surface area contributed by atoms with Crippen LogP contribution in [0.5, 0.6) is 0 Å². The van der Waals surface area contributed by atoms with Gasteiger partial charge in [-0.2, -0.15) is 10.5 Å². The Morgan fingerprint density at radius 3 is 1.05 bits per heavy atom. The van der Waals surface area contributed by atoms with Gasteiger partial charge < -0.3 is 18.9 Å². The molecule has 0 saturated heterocycles. The third-order valence-corrected chi connectivity index (χ3v) is 18.2. The van der Waals surface area contributed by atoms with E-state index in [1.54, 1.807) is 0 Å². The molecule has 0 spiro atoms. The molecule has 408 valence electrons. The predicted octanol–water partition coefficient (Wildman–Crippen LogP) is 18.7. The summed E-state index contributed by atoms with van der Waals surface area (Å²) in [5.74, 6) is 0. The van der Waals surface area contributed by atoms with E-state index in [1.165, 1.54) is 27.0 Å². The maximum atomic E-state index is 10.7. The monoisotopic (exact) mass is 1120 g/mol. The van der Waals surface area contributed by atoms with Gasteiger partial charge in [-0.15, -0.1) is 0 Å². The fraction of sp³-hybridized carbons (Fsp3) is 0.0123. The predicted molar refractivity (Wildman–Crippen MR) is 365 cm³/mol. The average molecular weight is 1120 g/mol. The maximum absolute atomic E-state index is 10.7. The molecule has 17 rings (SSSR count). The van der Waals surface area contributed by atoms with Gasteiger partial charge in [-0.25, -0.2) is 0 Å². The van der Waals surface area contributed by atoms with Crippen molar-refractivity contribution < 1.29 is 0 Å². The number of hydrogen-bond acceptors (Lipinski definition) is 4. The summed E-state index contributed by atoms with van der Waals surface area (Å²) in [5.41, 5.74) is 26.9. The smallest absolute Gasteiger partial charge is 0.252 e. The van der Waals surface area contributed by atoms with Crippen molar-refractivity contribution in [2.24, 2.45) is 0 Å². The lowest BCUT2D eigenvalue weighted by Gasteiger charge is -2.45. The van der Waals surface area contributed by atoms with Gasteiger partial charge in [0, 0.05) is 66.5 Å². The van der Waals surface area contributed by atoms with Crippen LogP contribution in [-0.4, -0.2) is 15.8 Å². The lowest BCUT2D eigenvalue weighted by Crippen LogP contribution is -2.61. The number of fused-ring (bicyclic) bond motifs is 10. The van der Waals surface area contributed by atoms with Crippen LogP contribution in [0.1, 0.15) is 16.7 Å². The second kappa shape index (κ2) is 20.1. The van der Waals surface area contributed by atoms with Gasteiger partial charge in [0.05, 0.1) is 68.1 Å². The average Bonchev–Trinajstić information content (AvgIpc) is 1.01. The Morgan fingerprint density at radius 1 is 0.284 bits per heavy atom. The number of aryl methyl sites for hydroxylation is 1. The van der Waals surface area contributed by atoms with E-state index in [2.05, 4.69) is 317 Å². The number of nitrogens with zero attached hydrogens (tertiary/aromatic N) is 6. The van der Waals surface area contributed by atoms with Crippen molar-refractivity contribution in [1.29, 1.82) is 10.5 Å². The van der Waals surface area contributed by atoms with E-state index in [4.69, 9.17) is 0 Å². The molecule has 0 atom stereocenters. The molecular weight excluding hydrogens is 1070 g/mol. The van der Waals surface area contributed by atoms with E-state index in [0.29, 0.717) is 11.1 Å². The van der Waals surface area contributed by atoms with Crippen LogP contribution in [0.4, 0.5) is 34.1 Å². The van der Waals surface area contributed by atoms with Crippen molar-refractivity contribution >= 4 is 101 Å². The van der Waals surface area contributed by atoms with E-state index in [1.807, 2.05) is 12.1 Å². The summed E-state index contributed by atoms with van der Waals surface area (Å²) < 4.78 is 4.73. The molecule has 15 aromatic rings. The molecule has 0 bridgehead atoms. The zero-order valence-electron chi connectivity index (χ0n) is 48.0. The first-order valence-corrected chi connectivity index (χ1v) is 29.9. The number of para-hydroxylation sites is 6. The van der Waals surface area contributed by atoms with Crippen molar-refractivity contribution in [1.82, 2.24) is 9.13 Å². The quantitative estimate of drug-likeness (QED) is 0.142. The third-order valence-electron chi connectivity index (χ3n) is 18.2. The van der Waals surface area contributed by atoms with Crippen LogP contribution in [0.2, 0.25) is 0 Å². The van der Waals surface area contributed by atoms with Crippen molar-refractivity contribution in [2.75, 3.05) is 9.80 Å². The van der Waals surface area contributed by atoms with Crippen molar-refractivity contribution in [2.45, 2.75) is 6.92 Å². The molecule has 2 aliphatic heterocycles. The molecule has 0 amide bonds. The second-order valence-corrected chi connectivity index (χ2v) is 23.1. The van der Waals surface area contributed by atoms with Gasteiger partial charge in [0.2, 0.25) is 0 Å². The zero-order valence-corrected chi connectivity index (χ0v) is 48.0. The first-order chi connectivity index (χ1) is 43.5. The van der Waals surface area contributed by atoms with E-state index in [0.717, 1.165) is 129 Å². The Kier molecular flexibility index (Phi) is 11.6. The highest BCUT2D eigenvalue weighted by Gasteiger charge is 2.44. The first kappa shape index (κ1) is 50.6. The molecule has 0 unspecified atom stereocenters. The highest BCUT2D eigenvalue weighted by atomic mass is 15.2. The van der Waals surface area contributed by atoms with Crippen LogP contribution in [-0.2, 0) is 0 Å². The molecule has 7 heteroatoms. The Bertz CT molecular complexity index is 5030. The van der Waals surface area contributed by atoms with Gasteiger partial charge in [0.1, 0.15) is 0 Å². The molecule has 0 N–H and O–H groups in total. The molecule has 2 aromatic heterocycles. The minimum absolute atomic E-state index is 0.233. The summed E-state index contributed by atoms with van der Waals surface area (Å²) >= 11 is 0. The fourth-order valence-electron chi connectivity index (χ4n) is 14.5. The van der Waals surface area contributed by atoms with Gasteiger partial charge >= 0.3 is 0 Å². The summed E-state index contributed by atoms with van der Waals surface area (Å²) in [6.45, 7) is 1.99. The minimum atomic E-state index is -0.233. The number of rotatable bonds is 8. The largest absolute Gasteiger partial charge is 0.311 e. The second-order valence-electron chi connectivity index (χ2n) is 23.1. The van der Waals surface area contributed by atoms with Crippen molar-refractivity contribution in [3.63, 3.8) is 0 Å². The van der Waals surface area contributed by atoms with Crippen LogP contribution in [0.15, 0.2) is 291 Å². The van der Waals surface area contributed by atoms with Crippen LogP contribution < -0.4 is 26.2 Å². The Hall–Kier alpha value is -11.9. The molecule has 0 fully saturated rings. The highest BCUT2D eigenvalue weighted by Crippen LogP contribution is 2.51. The Morgan fingerprint density at radius 2 is 0.648 bits per heavy atom. The number of nitriles is 2. The first-order valence-electron chi connectivity index (χ1n) is 29.9. The van der Waals surface area contributed by atoms with Gasteiger partial charge in [-0.1, -0.05) is 194 Å². The summed E-state index contributed by atoms with van der Waals surface area (Å²) in [6.07, 6.45) is 0. The zero-order chi connectivity index (χ0) is 58.6. The van der Waals surface area contributed by atoms with E-state index < -0.39 is 0 Å². The van der Waals surface area contributed by atoms with Gasteiger partial charge in [-0.3, -0.25) is 0 Å². The number of benzene rings is 13. The lowest BCUT2D eigenvalue weighted by atomic mass is 9.33. The van der Waals surface area contributed by atoms with Gasteiger partial charge in [0.25, 0.3) is 6.71 Å². The summed E-state index contributed by atoms with van der Waals surface area (Å²) in [5, 5.41) is 26.1. The van der Waals surface area contributed by atoms with Crippen molar-refractivity contribution in [3.8, 4) is 68.0 Å². The number of aromatic nitrogens is 2. The van der Waals surface area contributed by atoms with Crippen LogP contribution in [0.3, 0.4) is 0 Å². The summed E-state index contributed by atoms with van der Waals surface area (Å²) in [7, 11) is 0. The normalized spacial score (nSPS) is 12.3. The number of hydrogen-bond donors (Lipinski definition) is 0. The molecule has 13 aromatic carbocycles. The number of anilines is 6. The molecule has 4 heterocycles. The molecule has 2 aliphatic rings. The molecule has 6 nitrogen and oxygen atoms in total. The van der Waals surface area contributed by atoms with E-state index in [-0.39, 0.29) is 6.71 Å². The minimum Gasteiger partial charge on any atom is -0.311 e. The SMILES string of the molecule is Cc1cc2c3c(c1)N(c1ccccc1-c1ccccc1)c1cc(-c4cc(C#N)ccc4-n4c5ccccc5c5ccccc54)ccc1B3c1ccc(-c3cc(C#N)ccc3-n3c4ccccc4c4ccccc43)cc1N2c1ccccc1-c1ccccc1. The summed E-state index contributed by atoms with van der Waals surface area (Å²) in [4.78, 5) is 5.04. The fourth-order valence-corrected chi connectivity index (χ4v) is 14.5. The maximum Gasteiger partial charge on any atom is 0.252 e. The molecule has 0 radical (unpaired) electrons. The van der Waals surface area contributed by atoms with Gasteiger partial charge in [0.15, 0.2) is 0 Å². The van der Waals surface area contributed by atoms with E-state index >= 15 is 0 Å². The Balaban J connectivity index is 0.959. The third kappa shape index (κ3) is 7.75. The standard InChI is InChI=1S/C81H51BN6/c1-52-44-79-81-80(45-52)88(70-31-15-9-25-60(70)56-22-6-3-7-23-56)78-49-58(66-47-54(51-84)37-43-76(66)86-73-34-18-12-28-63(73)64-29-13-19-35-74(64)86)39-41-68(78)82(81)67-40-38-57(48-77(67)87(79)69-30-14-8-24-59(69)55-20-4-2-5-21-55)65-46-53(50-83)36-42-75(65)85-71-32-16-10-26-61(71)62-27-11-17-33-72(62)85/h2-49H,1H3. The Labute approximate surface area is 510 Å². The van der Waals surface area contributed by atoms with Crippen LogP contribution in [0, 0.1) is 29.6 Å². The molecular formula is C81H51BN6. The van der Waals surface area contributed by atoms with Crippen molar-refractivity contribution in [3.05, 3.63) is 308 Å². The molecule has 88 heavy (non-hydrogen) atoms. The highest BCUT2D eigenvalue weighted by molar-refractivity contribution is 7.00. The molecule has 0 aliphatic carbocycles. The topological polar surface area (TPSA) is 63.9 Å². The lowest BCUT2D eigenvalue weighted by molar-refractivity contribution is 1.18. The van der Waals surface area contributed by atoms with E-state index in [9.17, 15) is 10.5 Å². The summed E-state index contributed by atoms with van der Waals surface area (Å²) in [6, 6.07) is 110. The molecule has 0 saturated carbocycles.